The molecule has 2 aromatic rings. The molecule has 1 fully saturated rings. The van der Waals surface area contributed by atoms with Crippen LogP contribution in [0, 0.1) is 11.6 Å². The van der Waals surface area contributed by atoms with Crippen molar-refractivity contribution in [1.82, 2.24) is 9.03 Å². The zero-order valence-corrected chi connectivity index (χ0v) is 17.3. The number of nitrogens with zero attached hydrogens (tertiary/aromatic N) is 1. The Balaban J connectivity index is 1.68. The number of hydrogen-bond donors (Lipinski definition) is 1. The van der Waals surface area contributed by atoms with Gasteiger partial charge in [-0.25, -0.2) is 30.3 Å². The van der Waals surface area contributed by atoms with Gasteiger partial charge < -0.3 is 0 Å². The molecule has 2 heterocycles. The van der Waals surface area contributed by atoms with E-state index < -0.39 is 36.6 Å². The monoisotopic (exact) mass is 450 g/mol. The third kappa shape index (κ3) is 4.77. The highest BCUT2D eigenvalue weighted by atomic mass is 32.2. The van der Waals surface area contributed by atoms with Gasteiger partial charge in [0.15, 0.2) is 0 Å². The molecule has 154 valence electrons. The predicted octanol–water partition coefficient (Wildman–Crippen LogP) is 2.94. The third-order valence-corrected chi connectivity index (χ3v) is 9.31. The fourth-order valence-corrected chi connectivity index (χ4v) is 7.16. The van der Waals surface area contributed by atoms with Gasteiger partial charge in [0.05, 0.1) is 4.90 Å². The van der Waals surface area contributed by atoms with Gasteiger partial charge in [-0.05, 0) is 42.8 Å². The zero-order chi connectivity index (χ0) is 20.4. The van der Waals surface area contributed by atoms with E-state index in [4.69, 9.17) is 0 Å². The first-order valence-electron chi connectivity index (χ1n) is 8.71. The quantitative estimate of drug-likeness (QED) is 0.703. The lowest BCUT2D eigenvalue weighted by Crippen LogP contribution is -2.44. The Morgan fingerprint density at radius 3 is 2.46 bits per heavy atom. The summed E-state index contributed by atoms with van der Waals surface area (Å²) in [6, 6.07) is 4.94. The lowest BCUT2D eigenvalue weighted by atomic mass is 10.0. The van der Waals surface area contributed by atoms with Crippen LogP contribution in [0.3, 0.4) is 0 Å². The van der Waals surface area contributed by atoms with Crippen molar-refractivity contribution in [2.75, 3.05) is 13.1 Å². The van der Waals surface area contributed by atoms with Crippen LogP contribution in [-0.2, 0) is 20.0 Å². The molecule has 1 aromatic heterocycles. The van der Waals surface area contributed by atoms with Gasteiger partial charge in [0.1, 0.15) is 15.8 Å². The third-order valence-electron chi connectivity index (χ3n) is 4.55. The fraction of sp³-hybridized carbons (Fsp3) is 0.412. The Morgan fingerprint density at radius 1 is 1.11 bits per heavy atom. The average Bonchev–Trinajstić information content (AvgIpc) is 3.16. The summed E-state index contributed by atoms with van der Waals surface area (Å²) in [6.45, 7) is 0.342. The van der Waals surface area contributed by atoms with Crippen molar-refractivity contribution in [2.45, 2.75) is 40.8 Å². The molecule has 0 radical (unpaired) electrons. The Labute approximate surface area is 167 Å². The number of nitrogens with one attached hydrogen (secondary N) is 1. The standard InChI is InChI=1S/C17H20F2N2O4S3/c18-13-10-14(19)12-16(11-13)27(22,23)20-7-6-15-4-1-2-8-21(15)28(24,25)17-5-3-9-26-17/h3,5,9-12,15,20H,1-2,4,6-8H2. The van der Waals surface area contributed by atoms with Crippen LogP contribution < -0.4 is 4.72 Å². The highest BCUT2D eigenvalue weighted by Crippen LogP contribution is 2.29. The molecule has 0 amide bonds. The maximum Gasteiger partial charge on any atom is 0.252 e. The molecule has 1 aliphatic rings. The molecule has 6 nitrogen and oxygen atoms in total. The molecule has 3 rings (SSSR count). The first-order chi connectivity index (χ1) is 13.2. The van der Waals surface area contributed by atoms with E-state index in [1.54, 1.807) is 17.5 Å². The number of halogens is 2. The van der Waals surface area contributed by atoms with Crippen molar-refractivity contribution in [3.8, 4) is 0 Å². The van der Waals surface area contributed by atoms with Crippen LogP contribution in [0.1, 0.15) is 25.7 Å². The van der Waals surface area contributed by atoms with Crippen LogP contribution in [0.25, 0.3) is 0 Å². The minimum absolute atomic E-state index is 0.0401. The summed E-state index contributed by atoms with van der Waals surface area (Å²) in [7, 11) is -7.72. The lowest BCUT2D eigenvalue weighted by molar-refractivity contribution is 0.242. The maximum atomic E-state index is 13.3. The Hall–Kier alpha value is -1.40. The van der Waals surface area contributed by atoms with Crippen LogP contribution in [0.5, 0.6) is 0 Å². The first-order valence-corrected chi connectivity index (χ1v) is 12.5. The second-order valence-electron chi connectivity index (χ2n) is 6.49. The zero-order valence-electron chi connectivity index (χ0n) is 14.8. The fourth-order valence-electron chi connectivity index (χ4n) is 3.23. The Bertz CT molecular complexity index is 1000. The normalized spacial score (nSPS) is 19.0. The number of rotatable bonds is 7. The van der Waals surface area contributed by atoms with Crippen LogP contribution >= 0.6 is 11.3 Å². The molecule has 1 aromatic carbocycles. The molecule has 1 aliphatic heterocycles. The van der Waals surface area contributed by atoms with Gasteiger partial charge in [-0.1, -0.05) is 12.5 Å². The number of thiophene rings is 1. The molecular weight excluding hydrogens is 430 g/mol. The second-order valence-corrected chi connectivity index (χ2v) is 11.3. The van der Waals surface area contributed by atoms with Gasteiger partial charge in [0.2, 0.25) is 10.0 Å². The molecule has 0 aliphatic carbocycles. The number of benzene rings is 1. The van der Waals surface area contributed by atoms with Crippen LogP contribution in [-0.4, -0.2) is 40.3 Å². The highest BCUT2D eigenvalue weighted by Gasteiger charge is 2.34. The van der Waals surface area contributed by atoms with Crippen molar-refractivity contribution >= 4 is 31.4 Å². The van der Waals surface area contributed by atoms with Crippen LogP contribution in [0.4, 0.5) is 8.78 Å². The molecule has 11 heteroatoms. The molecular formula is C17H20F2N2O4S3. The molecule has 1 unspecified atom stereocenters. The molecule has 0 spiro atoms. The van der Waals surface area contributed by atoms with Gasteiger partial charge in [-0.15, -0.1) is 11.3 Å². The topological polar surface area (TPSA) is 83.6 Å². The summed E-state index contributed by atoms with van der Waals surface area (Å²) >= 11 is 1.14. The van der Waals surface area contributed by atoms with Crippen molar-refractivity contribution in [3.05, 3.63) is 47.3 Å². The summed E-state index contributed by atoms with van der Waals surface area (Å²) in [5.41, 5.74) is 0. The maximum absolute atomic E-state index is 13.3. The van der Waals surface area contributed by atoms with E-state index in [9.17, 15) is 25.6 Å². The summed E-state index contributed by atoms with van der Waals surface area (Å²) in [6.07, 6.45) is 2.49. The van der Waals surface area contributed by atoms with E-state index in [-0.39, 0.29) is 23.2 Å². The van der Waals surface area contributed by atoms with E-state index >= 15 is 0 Å². The van der Waals surface area contributed by atoms with Crippen molar-refractivity contribution in [3.63, 3.8) is 0 Å². The summed E-state index contributed by atoms with van der Waals surface area (Å²) < 4.78 is 80.8. The van der Waals surface area contributed by atoms with Crippen molar-refractivity contribution in [2.24, 2.45) is 0 Å². The first kappa shape index (κ1) is 21.3. The smallest absolute Gasteiger partial charge is 0.211 e. The molecule has 28 heavy (non-hydrogen) atoms. The summed E-state index contributed by atoms with van der Waals surface area (Å²) in [4.78, 5) is -0.503. The van der Waals surface area contributed by atoms with E-state index in [2.05, 4.69) is 4.72 Å². The van der Waals surface area contributed by atoms with Gasteiger partial charge >= 0.3 is 0 Å². The van der Waals surface area contributed by atoms with Crippen LogP contribution in [0.15, 0.2) is 44.8 Å². The van der Waals surface area contributed by atoms with Crippen molar-refractivity contribution < 1.29 is 25.6 Å². The molecule has 1 saturated heterocycles. The van der Waals surface area contributed by atoms with Gasteiger partial charge in [-0.3, -0.25) is 0 Å². The summed E-state index contributed by atoms with van der Waals surface area (Å²) in [5.74, 6) is -1.97. The molecule has 1 atom stereocenters. The lowest BCUT2D eigenvalue weighted by Gasteiger charge is -2.34. The Kier molecular flexibility index (Phi) is 6.50. The van der Waals surface area contributed by atoms with E-state index in [0.717, 1.165) is 36.3 Å². The van der Waals surface area contributed by atoms with Gasteiger partial charge in [-0.2, -0.15) is 4.31 Å². The highest BCUT2D eigenvalue weighted by molar-refractivity contribution is 7.91. The van der Waals surface area contributed by atoms with Gasteiger partial charge in [0.25, 0.3) is 10.0 Å². The SMILES string of the molecule is O=S(=O)(NCCC1CCCCN1S(=O)(=O)c1cccs1)c1cc(F)cc(F)c1. The number of sulfonamides is 2. The van der Waals surface area contributed by atoms with E-state index in [1.807, 2.05) is 0 Å². The van der Waals surface area contributed by atoms with E-state index in [1.165, 1.54) is 4.31 Å². The van der Waals surface area contributed by atoms with Crippen LogP contribution in [0.2, 0.25) is 0 Å². The predicted molar refractivity (Wildman–Crippen MR) is 102 cm³/mol. The molecule has 0 saturated carbocycles. The Morgan fingerprint density at radius 2 is 1.82 bits per heavy atom. The van der Waals surface area contributed by atoms with E-state index in [0.29, 0.717) is 19.0 Å². The molecule has 1 N–H and O–H groups in total. The van der Waals surface area contributed by atoms with Crippen molar-refractivity contribution in [1.29, 1.82) is 0 Å². The minimum atomic E-state index is -4.10. The largest absolute Gasteiger partial charge is 0.252 e. The number of piperidine rings is 1. The number of hydrogen-bond acceptors (Lipinski definition) is 5. The second kappa shape index (κ2) is 8.54. The minimum Gasteiger partial charge on any atom is -0.211 e. The average molecular weight is 451 g/mol. The molecule has 0 bridgehead atoms. The summed E-state index contributed by atoms with van der Waals surface area (Å²) in [5, 5.41) is 1.69. The van der Waals surface area contributed by atoms with Gasteiger partial charge in [0, 0.05) is 25.2 Å².